The van der Waals surface area contributed by atoms with E-state index in [0.717, 1.165) is 27.8 Å². The second-order valence-electron chi connectivity index (χ2n) is 5.71. The Morgan fingerprint density at radius 2 is 1.96 bits per heavy atom. The standard InChI is InChI=1S/C17H17N5OS/c1-20-11-14(9-19-20)22-8-7-21(12-16(22)23)17-18-10-15(24-17)13-5-3-2-4-6-13/h2-6,9-11H,7-8,12H2,1H3. The maximum Gasteiger partial charge on any atom is 0.246 e. The second kappa shape index (κ2) is 6.09. The van der Waals surface area contributed by atoms with Crippen LogP contribution in [0.4, 0.5) is 10.8 Å². The third-order valence-electron chi connectivity index (χ3n) is 4.05. The van der Waals surface area contributed by atoms with Gasteiger partial charge in [-0.1, -0.05) is 41.7 Å². The molecule has 2 aromatic heterocycles. The SMILES string of the molecule is Cn1cc(N2CCN(c3ncc(-c4ccccc4)s3)CC2=O)cn1. The Morgan fingerprint density at radius 3 is 2.67 bits per heavy atom. The van der Waals surface area contributed by atoms with Crippen LogP contribution in [0.2, 0.25) is 0 Å². The van der Waals surface area contributed by atoms with Gasteiger partial charge in [0, 0.05) is 32.5 Å². The van der Waals surface area contributed by atoms with Crippen LogP contribution in [0, 0.1) is 0 Å². The van der Waals surface area contributed by atoms with Crippen molar-refractivity contribution >= 4 is 28.1 Å². The predicted molar refractivity (Wildman–Crippen MR) is 95.3 cm³/mol. The number of carbonyl (C=O) groups excluding carboxylic acids is 1. The number of piperazine rings is 1. The van der Waals surface area contributed by atoms with Crippen molar-refractivity contribution in [2.24, 2.45) is 7.05 Å². The molecule has 1 amide bonds. The van der Waals surface area contributed by atoms with Crippen molar-refractivity contribution < 1.29 is 4.79 Å². The van der Waals surface area contributed by atoms with Gasteiger partial charge in [0.25, 0.3) is 0 Å². The molecule has 1 aliphatic rings. The Bertz CT molecular complexity index is 857. The van der Waals surface area contributed by atoms with E-state index in [2.05, 4.69) is 22.2 Å². The van der Waals surface area contributed by atoms with Crippen LogP contribution < -0.4 is 9.80 Å². The summed E-state index contributed by atoms with van der Waals surface area (Å²) in [6.45, 7) is 1.75. The minimum absolute atomic E-state index is 0.0747. The fraction of sp³-hybridized carbons (Fsp3) is 0.235. The molecule has 4 rings (SSSR count). The molecule has 0 spiro atoms. The quantitative estimate of drug-likeness (QED) is 0.735. The third-order valence-corrected chi connectivity index (χ3v) is 5.15. The van der Waals surface area contributed by atoms with Gasteiger partial charge in [-0.2, -0.15) is 5.10 Å². The predicted octanol–water partition coefficient (Wildman–Crippen LogP) is 2.40. The molecule has 1 aliphatic heterocycles. The summed E-state index contributed by atoms with van der Waals surface area (Å²) in [5.41, 5.74) is 2.01. The molecule has 1 fully saturated rings. The molecule has 122 valence electrons. The fourth-order valence-corrected chi connectivity index (χ4v) is 3.75. The smallest absolute Gasteiger partial charge is 0.246 e. The summed E-state index contributed by atoms with van der Waals surface area (Å²) in [7, 11) is 1.85. The second-order valence-corrected chi connectivity index (χ2v) is 6.72. The van der Waals surface area contributed by atoms with Gasteiger partial charge in [-0.05, 0) is 5.56 Å². The summed E-state index contributed by atoms with van der Waals surface area (Å²) < 4.78 is 1.71. The number of anilines is 2. The van der Waals surface area contributed by atoms with Crippen molar-refractivity contribution in [2.45, 2.75) is 0 Å². The normalized spacial score (nSPS) is 15.1. The highest BCUT2D eigenvalue weighted by Gasteiger charge is 2.27. The summed E-state index contributed by atoms with van der Waals surface area (Å²) >= 11 is 1.62. The molecule has 0 radical (unpaired) electrons. The summed E-state index contributed by atoms with van der Waals surface area (Å²) in [5, 5.41) is 5.04. The minimum Gasteiger partial charge on any atom is -0.337 e. The summed E-state index contributed by atoms with van der Waals surface area (Å²) in [6, 6.07) is 10.2. The Balaban J connectivity index is 1.49. The van der Waals surface area contributed by atoms with Crippen molar-refractivity contribution in [3.8, 4) is 10.4 Å². The zero-order chi connectivity index (χ0) is 16.5. The van der Waals surface area contributed by atoms with Gasteiger partial charge in [0.05, 0.1) is 23.3 Å². The fourth-order valence-electron chi connectivity index (χ4n) is 2.80. The Labute approximate surface area is 144 Å². The molecule has 0 bridgehead atoms. The molecule has 0 saturated carbocycles. The lowest BCUT2D eigenvalue weighted by Crippen LogP contribution is -2.50. The molecule has 7 heteroatoms. The third kappa shape index (κ3) is 2.78. The number of aryl methyl sites for hydroxylation is 1. The van der Waals surface area contributed by atoms with Crippen molar-refractivity contribution in [2.75, 3.05) is 29.4 Å². The number of hydrogen-bond donors (Lipinski definition) is 0. The Morgan fingerprint density at radius 1 is 1.12 bits per heavy atom. The molecular formula is C17H17N5OS. The molecule has 0 N–H and O–H groups in total. The average molecular weight is 339 g/mol. The minimum atomic E-state index is 0.0747. The number of benzene rings is 1. The van der Waals surface area contributed by atoms with Gasteiger partial charge in [0.1, 0.15) is 0 Å². The number of hydrogen-bond acceptors (Lipinski definition) is 5. The highest BCUT2D eigenvalue weighted by atomic mass is 32.1. The first-order valence-electron chi connectivity index (χ1n) is 7.76. The lowest BCUT2D eigenvalue weighted by Gasteiger charge is -2.33. The van der Waals surface area contributed by atoms with E-state index in [1.165, 1.54) is 0 Å². The molecule has 1 aromatic carbocycles. The van der Waals surface area contributed by atoms with Gasteiger partial charge in [0.15, 0.2) is 5.13 Å². The van der Waals surface area contributed by atoms with Crippen LogP contribution in [-0.4, -0.2) is 40.3 Å². The van der Waals surface area contributed by atoms with Crippen LogP contribution in [0.25, 0.3) is 10.4 Å². The zero-order valence-corrected chi connectivity index (χ0v) is 14.1. The van der Waals surface area contributed by atoms with Crippen LogP contribution in [0.5, 0.6) is 0 Å². The Hall–Kier alpha value is -2.67. The first-order chi connectivity index (χ1) is 11.7. The molecule has 0 unspecified atom stereocenters. The number of rotatable bonds is 3. The summed E-state index contributed by atoms with van der Waals surface area (Å²) in [5.74, 6) is 0.0747. The van der Waals surface area contributed by atoms with E-state index >= 15 is 0 Å². The van der Waals surface area contributed by atoms with E-state index < -0.39 is 0 Å². The number of aromatic nitrogens is 3. The number of carbonyl (C=O) groups is 1. The molecule has 0 aliphatic carbocycles. The van der Waals surface area contributed by atoms with Crippen LogP contribution >= 0.6 is 11.3 Å². The van der Waals surface area contributed by atoms with Crippen molar-refractivity contribution in [3.63, 3.8) is 0 Å². The van der Waals surface area contributed by atoms with Crippen molar-refractivity contribution in [1.82, 2.24) is 14.8 Å². The highest BCUT2D eigenvalue weighted by Crippen LogP contribution is 2.31. The van der Waals surface area contributed by atoms with Crippen LogP contribution in [0.15, 0.2) is 48.9 Å². The van der Waals surface area contributed by atoms with Gasteiger partial charge in [-0.15, -0.1) is 0 Å². The number of thiazole rings is 1. The van der Waals surface area contributed by atoms with Gasteiger partial charge < -0.3 is 9.80 Å². The number of amides is 1. The highest BCUT2D eigenvalue weighted by molar-refractivity contribution is 7.18. The van der Waals surface area contributed by atoms with Gasteiger partial charge >= 0.3 is 0 Å². The van der Waals surface area contributed by atoms with Crippen molar-refractivity contribution in [1.29, 1.82) is 0 Å². The number of nitrogens with zero attached hydrogens (tertiary/aromatic N) is 5. The lowest BCUT2D eigenvalue weighted by molar-refractivity contribution is -0.117. The first-order valence-corrected chi connectivity index (χ1v) is 8.57. The molecule has 3 heterocycles. The van der Waals surface area contributed by atoms with Gasteiger partial charge in [-0.3, -0.25) is 9.48 Å². The van der Waals surface area contributed by atoms with Crippen LogP contribution in [0.1, 0.15) is 0 Å². The van der Waals surface area contributed by atoms with Crippen LogP contribution in [0.3, 0.4) is 0 Å². The Kier molecular flexibility index (Phi) is 3.78. The maximum atomic E-state index is 12.5. The van der Waals surface area contributed by atoms with Crippen LogP contribution in [-0.2, 0) is 11.8 Å². The maximum absolute atomic E-state index is 12.5. The molecule has 24 heavy (non-hydrogen) atoms. The lowest BCUT2D eigenvalue weighted by atomic mass is 10.2. The average Bonchev–Trinajstić information content (AvgIpc) is 3.25. The largest absolute Gasteiger partial charge is 0.337 e. The van der Waals surface area contributed by atoms with Gasteiger partial charge in [-0.25, -0.2) is 4.98 Å². The topological polar surface area (TPSA) is 54.3 Å². The van der Waals surface area contributed by atoms with E-state index in [4.69, 9.17) is 0 Å². The molecule has 0 atom stereocenters. The van der Waals surface area contributed by atoms with E-state index in [-0.39, 0.29) is 5.91 Å². The van der Waals surface area contributed by atoms with E-state index in [9.17, 15) is 4.79 Å². The first kappa shape index (κ1) is 14.9. The monoisotopic (exact) mass is 339 g/mol. The molecular weight excluding hydrogens is 322 g/mol. The van der Waals surface area contributed by atoms with E-state index in [0.29, 0.717) is 13.1 Å². The molecule has 6 nitrogen and oxygen atoms in total. The summed E-state index contributed by atoms with van der Waals surface area (Å²) in [4.78, 5) is 22.0. The summed E-state index contributed by atoms with van der Waals surface area (Å²) in [6.07, 6.45) is 5.47. The molecule has 1 saturated heterocycles. The zero-order valence-electron chi connectivity index (χ0n) is 13.3. The molecule has 3 aromatic rings. The van der Waals surface area contributed by atoms with Crippen molar-refractivity contribution in [3.05, 3.63) is 48.9 Å². The van der Waals surface area contributed by atoms with Gasteiger partial charge in [0.2, 0.25) is 5.91 Å². The van der Waals surface area contributed by atoms with E-state index in [1.807, 2.05) is 42.5 Å². The van der Waals surface area contributed by atoms with E-state index in [1.54, 1.807) is 27.1 Å².